The first-order chi connectivity index (χ1) is 11.6. The van der Waals surface area contributed by atoms with Gasteiger partial charge in [-0.25, -0.2) is 15.0 Å². The van der Waals surface area contributed by atoms with Gasteiger partial charge in [0.15, 0.2) is 0 Å². The molecule has 2 aromatic heterocycles. The first-order valence-corrected chi connectivity index (χ1v) is 8.39. The molecule has 2 aliphatic heterocycles. The van der Waals surface area contributed by atoms with Gasteiger partial charge in [-0.15, -0.1) is 0 Å². The number of aryl methyl sites for hydroxylation is 1. The fraction of sp³-hybridized carbons (Fsp3) is 0.529. The van der Waals surface area contributed by atoms with Gasteiger partial charge in [-0.2, -0.15) is 4.98 Å². The molecule has 2 unspecified atom stereocenters. The maximum Gasteiger partial charge on any atom is 0.226 e. The molecule has 2 fully saturated rings. The molecule has 7 nitrogen and oxygen atoms in total. The van der Waals surface area contributed by atoms with E-state index in [1.54, 1.807) is 6.33 Å². The second kappa shape index (κ2) is 5.89. The number of hydrogen-bond acceptors (Lipinski definition) is 7. The number of fused-ring (bicyclic) bond motifs is 1. The minimum Gasteiger partial charge on any atom is -0.356 e. The second-order valence-corrected chi connectivity index (χ2v) is 6.96. The summed E-state index contributed by atoms with van der Waals surface area (Å²) in [6.45, 7) is 6.23. The summed E-state index contributed by atoms with van der Waals surface area (Å²) in [6.07, 6.45) is 3.51. The van der Waals surface area contributed by atoms with Crippen molar-refractivity contribution in [2.45, 2.75) is 6.92 Å². The fourth-order valence-electron chi connectivity index (χ4n) is 3.71. The third-order valence-corrected chi connectivity index (χ3v) is 4.95. The summed E-state index contributed by atoms with van der Waals surface area (Å²) in [6, 6.07) is 4.09. The Morgan fingerprint density at radius 1 is 0.958 bits per heavy atom. The lowest BCUT2D eigenvalue weighted by Gasteiger charge is -2.23. The normalized spacial score (nSPS) is 22.8. The zero-order valence-electron chi connectivity index (χ0n) is 14.4. The molecule has 2 aromatic rings. The van der Waals surface area contributed by atoms with Gasteiger partial charge in [0, 0.05) is 70.1 Å². The maximum absolute atomic E-state index is 4.68. The van der Waals surface area contributed by atoms with E-state index < -0.39 is 0 Å². The number of aromatic nitrogens is 4. The van der Waals surface area contributed by atoms with Crippen LogP contribution in [0.4, 0.5) is 17.6 Å². The van der Waals surface area contributed by atoms with E-state index in [4.69, 9.17) is 0 Å². The van der Waals surface area contributed by atoms with Crippen LogP contribution >= 0.6 is 0 Å². The molecule has 24 heavy (non-hydrogen) atoms. The average Bonchev–Trinajstić information content (AvgIpc) is 3.14. The lowest BCUT2D eigenvalue weighted by molar-refractivity contribution is 0.533. The molecule has 4 heterocycles. The molecule has 0 spiro atoms. The van der Waals surface area contributed by atoms with Gasteiger partial charge in [0.1, 0.15) is 18.0 Å². The molecular weight excluding hydrogens is 302 g/mol. The third kappa shape index (κ3) is 2.74. The quantitative estimate of drug-likeness (QED) is 0.840. The van der Waals surface area contributed by atoms with Crippen molar-refractivity contribution >= 4 is 17.6 Å². The molecule has 0 aliphatic carbocycles. The van der Waals surface area contributed by atoms with Crippen molar-refractivity contribution in [3.63, 3.8) is 0 Å². The van der Waals surface area contributed by atoms with Crippen molar-refractivity contribution in [1.29, 1.82) is 0 Å². The molecule has 0 saturated carbocycles. The summed E-state index contributed by atoms with van der Waals surface area (Å²) < 4.78 is 0. The topological polar surface area (TPSA) is 61.3 Å². The summed E-state index contributed by atoms with van der Waals surface area (Å²) in [4.78, 5) is 24.3. The van der Waals surface area contributed by atoms with E-state index in [0.717, 1.165) is 49.5 Å². The largest absolute Gasteiger partial charge is 0.356 e. The van der Waals surface area contributed by atoms with Crippen LogP contribution < -0.4 is 14.7 Å². The minimum absolute atomic E-state index is 0.665. The van der Waals surface area contributed by atoms with Crippen molar-refractivity contribution in [2.75, 3.05) is 55.0 Å². The van der Waals surface area contributed by atoms with E-state index in [1.807, 2.05) is 38.2 Å². The predicted octanol–water partition coefficient (Wildman–Crippen LogP) is 1.21. The Kier molecular flexibility index (Phi) is 3.70. The number of rotatable bonds is 3. The standard InChI is InChI=1S/C17H23N7/c1-12-6-16(20-11-19-12)24-9-13-7-23(8-14(13)10-24)15-4-5-18-17(21-15)22(2)3/h4-6,11,13-14H,7-10H2,1-3H3. The van der Waals surface area contributed by atoms with Crippen LogP contribution in [0.2, 0.25) is 0 Å². The Morgan fingerprint density at radius 2 is 1.62 bits per heavy atom. The highest BCUT2D eigenvalue weighted by Gasteiger charge is 2.41. The van der Waals surface area contributed by atoms with Crippen LogP contribution in [0.15, 0.2) is 24.7 Å². The van der Waals surface area contributed by atoms with Crippen molar-refractivity contribution in [1.82, 2.24) is 19.9 Å². The van der Waals surface area contributed by atoms with Crippen molar-refractivity contribution in [3.8, 4) is 0 Å². The van der Waals surface area contributed by atoms with E-state index in [-0.39, 0.29) is 0 Å². The molecule has 0 aromatic carbocycles. The molecular formula is C17H23N7. The van der Waals surface area contributed by atoms with Gasteiger partial charge < -0.3 is 14.7 Å². The van der Waals surface area contributed by atoms with E-state index in [0.29, 0.717) is 11.8 Å². The van der Waals surface area contributed by atoms with Gasteiger partial charge >= 0.3 is 0 Å². The SMILES string of the molecule is Cc1cc(N2CC3CN(c4ccnc(N(C)C)n4)CC3C2)ncn1. The van der Waals surface area contributed by atoms with Gasteiger partial charge in [-0.05, 0) is 13.0 Å². The molecule has 0 bridgehead atoms. The highest BCUT2D eigenvalue weighted by atomic mass is 15.3. The number of anilines is 3. The second-order valence-electron chi connectivity index (χ2n) is 6.96. The highest BCUT2D eigenvalue weighted by molar-refractivity contribution is 5.47. The predicted molar refractivity (Wildman–Crippen MR) is 94.5 cm³/mol. The highest BCUT2D eigenvalue weighted by Crippen LogP contribution is 2.35. The fourth-order valence-corrected chi connectivity index (χ4v) is 3.71. The van der Waals surface area contributed by atoms with E-state index in [9.17, 15) is 0 Å². The van der Waals surface area contributed by atoms with Crippen LogP contribution in [-0.4, -0.2) is 60.2 Å². The summed E-state index contributed by atoms with van der Waals surface area (Å²) >= 11 is 0. The Balaban J connectivity index is 1.45. The molecule has 2 atom stereocenters. The summed E-state index contributed by atoms with van der Waals surface area (Å²) in [5.41, 5.74) is 1.02. The Morgan fingerprint density at radius 3 is 2.25 bits per heavy atom. The van der Waals surface area contributed by atoms with Crippen LogP contribution in [-0.2, 0) is 0 Å². The summed E-state index contributed by atoms with van der Waals surface area (Å²) in [5, 5.41) is 0. The molecule has 126 valence electrons. The molecule has 0 N–H and O–H groups in total. The first kappa shape index (κ1) is 15.1. The van der Waals surface area contributed by atoms with E-state index >= 15 is 0 Å². The number of hydrogen-bond donors (Lipinski definition) is 0. The van der Waals surface area contributed by atoms with Crippen LogP contribution in [0.5, 0.6) is 0 Å². The molecule has 7 heteroatoms. The summed E-state index contributed by atoms with van der Waals surface area (Å²) in [7, 11) is 3.94. The smallest absolute Gasteiger partial charge is 0.226 e. The van der Waals surface area contributed by atoms with Gasteiger partial charge in [-0.3, -0.25) is 0 Å². The van der Waals surface area contributed by atoms with Crippen molar-refractivity contribution in [3.05, 3.63) is 30.4 Å². The Labute approximate surface area is 142 Å². The monoisotopic (exact) mass is 325 g/mol. The molecule has 4 rings (SSSR count). The zero-order valence-corrected chi connectivity index (χ0v) is 14.4. The van der Waals surface area contributed by atoms with E-state index in [2.05, 4.69) is 35.8 Å². The Hall–Kier alpha value is -2.44. The first-order valence-electron chi connectivity index (χ1n) is 8.39. The lowest BCUT2D eigenvalue weighted by Crippen LogP contribution is -2.30. The molecule has 2 saturated heterocycles. The Bertz CT molecular complexity index is 718. The zero-order chi connectivity index (χ0) is 16.7. The van der Waals surface area contributed by atoms with Gasteiger partial charge in [0.25, 0.3) is 0 Å². The molecule has 0 amide bonds. The summed E-state index contributed by atoms with van der Waals surface area (Å²) in [5.74, 6) is 4.19. The average molecular weight is 325 g/mol. The number of nitrogens with zero attached hydrogens (tertiary/aromatic N) is 7. The maximum atomic E-state index is 4.68. The van der Waals surface area contributed by atoms with Gasteiger partial charge in [0.05, 0.1) is 0 Å². The van der Waals surface area contributed by atoms with Crippen LogP contribution in [0, 0.1) is 18.8 Å². The lowest BCUT2D eigenvalue weighted by atomic mass is 10.0. The van der Waals surface area contributed by atoms with Crippen LogP contribution in [0.3, 0.4) is 0 Å². The molecule has 2 aliphatic rings. The van der Waals surface area contributed by atoms with E-state index in [1.165, 1.54) is 0 Å². The van der Waals surface area contributed by atoms with Crippen LogP contribution in [0.1, 0.15) is 5.69 Å². The van der Waals surface area contributed by atoms with Crippen molar-refractivity contribution in [2.24, 2.45) is 11.8 Å². The van der Waals surface area contributed by atoms with Gasteiger partial charge in [-0.1, -0.05) is 0 Å². The molecule has 0 radical (unpaired) electrons. The third-order valence-electron chi connectivity index (χ3n) is 4.95. The minimum atomic E-state index is 0.665. The van der Waals surface area contributed by atoms with Crippen LogP contribution in [0.25, 0.3) is 0 Å². The van der Waals surface area contributed by atoms with Gasteiger partial charge in [0.2, 0.25) is 5.95 Å². The van der Waals surface area contributed by atoms with Crippen molar-refractivity contribution < 1.29 is 0 Å².